The molecule has 1 aliphatic carbocycles. The molecule has 21 heavy (non-hydrogen) atoms. The van der Waals surface area contributed by atoms with Crippen LogP contribution in [0.4, 0.5) is 0 Å². The van der Waals surface area contributed by atoms with E-state index in [0.29, 0.717) is 24.5 Å². The minimum absolute atomic E-state index is 0. The molecule has 0 spiro atoms. The van der Waals surface area contributed by atoms with E-state index in [1.54, 1.807) is 11.3 Å². The maximum atomic E-state index is 10.2. The van der Waals surface area contributed by atoms with Gasteiger partial charge in [-0.3, -0.25) is 0 Å². The van der Waals surface area contributed by atoms with Crippen molar-refractivity contribution >= 4 is 23.7 Å². The lowest BCUT2D eigenvalue weighted by molar-refractivity contribution is 0.0513. The molecule has 1 aromatic rings. The Kier molecular flexibility index (Phi) is 6.92. The summed E-state index contributed by atoms with van der Waals surface area (Å²) >= 11 is 1.63. The molecule has 2 heterocycles. The topological polar surface area (TPSA) is 53.5 Å². The molecule has 2 fully saturated rings. The van der Waals surface area contributed by atoms with Gasteiger partial charge in [0.15, 0.2) is 0 Å². The number of aliphatic hydroxyl groups is 1. The van der Waals surface area contributed by atoms with Gasteiger partial charge in [0.1, 0.15) is 0 Å². The normalized spacial score (nSPS) is 30.8. The average Bonchev–Trinajstić information content (AvgIpc) is 3.17. The third-order valence-electron chi connectivity index (χ3n) is 4.54. The van der Waals surface area contributed by atoms with Gasteiger partial charge in [0.05, 0.1) is 19.3 Å². The van der Waals surface area contributed by atoms with Gasteiger partial charge in [-0.05, 0) is 41.1 Å². The van der Waals surface area contributed by atoms with E-state index in [0.717, 1.165) is 25.3 Å². The SMILES string of the molecule is Cl.OC(CNC1CCCC1C1COCCN1)c1ccsc1. The number of hydrogen-bond acceptors (Lipinski definition) is 5. The Morgan fingerprint density at radius 3 is 3.10 bits per heavy atom. The van der Waals surface area contributed by atoms with Crippen LogP contribution in [0.25, 0.3) is 0 Å². The van der Waals surface area contributed by atoms with Crippen molar-refractivity contribution < 1.29 is 9.84 Å². The highest BCUT2D eigenvalue weighted by molar-refractivity contribution is 7.07. The van der Waals surface area contributed by atoms with Crippen LogP contribution in [0.5, 0.6) is 0 Å². The summed E-state index contributed by atoms with van der Waals surface area (Å²) in [5.41, 5.74) is 1.02. The summed E-state index contributed by atoms with van der Waals surface area (Å²) in [5.74, 6) is 0.630. The smallest absolute Gasteiger partial charge is 0.0922 e. The zero-order valence-electron chi connectivity index (χ0n) is 12.2. The van der Waals surface area contributed by atoms with Crippen LogP contribution in [0.15, 0.2) is 16.8 Å². The van der Waals surface area contributed by atoms with E-state index in [4.69, 9.17) is 4.74 Å². The van der Waals surface area contributed by atoms with Crippen molar-refractivity contribution in [2.24, 2.45) is 5.92 Å². The zero-order valence-corrected chi connectivity index (χ0v) is 13.8. The van der Waals surface area contributed by atoms with Crippen LogP contribution >= 0.6 is 23.7 Å². The van der Waals surface area contributed by atoms with Crippen LogP contribution in [-0.4, -0.2) is 43.5 Å². The minimum atomic E-state index is -0.391. The van der Waals surface area contributed by atoms with Crippen molar-refractivity contribution in [2.45, 2.75) is 37.5 Å². The largest absolute Gasteiger partial charge is 0.387 e. The van der Waals surface area contributed by atoms with E-state index in [1.165, 1.54) is 19.3 Å². The maximum Gasteiger partial charge on any atom is 0.0922 e. The molecule has 1 saturated carbocycles. The Morgan fingerprint density at radius 2 is 2.38 bits per heavy atom. The summed E-state index contributed by atoms with van der Waals surface area (Å²) in [5, 5.41) is 21.4. The molecule has 1 saturated heterocycles. The summed E-state index contributed by atoms with van der Waals surface area (Å²) in [7, 11) is 0. The first kappa shape index (κ1) is 17.2. The molecule has 1 aromatic heterocycles. The summed E-state index contributed by atoms with van der Waals surface area (Å²) in [6.07, 6.45) is 3.35. The van der Waals surface area contributed by atoms with Crippen molar-refractivity contribution in [2.75, 3.05) is 26.3 Å². The summed E-state index contributed by atoms with van der Waals surface area (Å²) in [6, 6.07) is 2.98. The quantitative estimate of drug-likeness (QED) is 0.771. The number of rotatable bonds is 5. The first-order valence-electron chi connectivity index (χ1n) is 7.59. The Hall–Kier alpha value is -0.170. The third-order valence-corrected chi connectivity index (χ3v) is 5.24. The van der Waals surface area contributed by atoms with Crippen molar-refractivity contribution in [3.63, 3.8) is 0 Å². The molecular weight excluding hydrogens is 308 g/mol. The fourth-order valence-corrected chi connectivity index (χ4v) is 4.14. The fourth-order valence-electron chi connectivity index (χ4n) is 3.43. The lowest BCUT2D eigenvalue weighted by atomic mass is 9.94. The molecule has 0 radical (unpaired) electrons. The molecule has 0 aromatic carbocycles. The van der Waals surface area contributed by atoms with Gasteiger partial charge in [-0.15, -0.1) is 12.4 Å². The standard InChI is InChI=1S/C15H24N2O2S.ClH/c18-15(11-4-7-20-10-11)8-17-13-3-1-2-12(13)14-9-19-6-5-16-14;/h4,7,10,12-18H,1-3,5-6,8-9H2;1H. The fraction of sp³-hybridized carbons (Fsp3) is 0.733. The van der Waals surface area contributed by atoms with E-state index >= 15 is 0 Å². The van der Waals surface area contributed by atoms with Crippen molar-refractivity contribution in [3.8, 4) is 0 Å². The van der Waals surface area contributed by atoms with Crippen LogP contribution in [-0.2, 0) is 4.74 Å². The summed E-state index contributed by atoms with van der Waals surface area (Å²) in [6.45, 7) is 3.27. The van der Waals surface area contributed by atoms with E-state index < -0.39 is 6.10 Å². The zero-order chi connectivity index (χ0) is 13.8. The van der Waals surface area contributed by atoms with E-state index in [2.05, 4.69) is 10.6 Å². The molecule has 4 nitrogen and oxygen atoms in total. The molecule has 120 valence electrons. The highest BCUT2D eigenvalue weighted by Gasteiger charge is 2.34. The molecule has 4 unspecified atom stereocenters. The third kappa shape index (κ3) is 4.41. The van der Waals surface area contributed by atoms with Gasteiger partial charge in [-0.2, -0.15) is 11.3 Å². The second-order valence-corrected chi connectivity index (χ2v) is 6.60. The molecule has 0 bridgehead atoms. The molecular formula is C15H25ClN2O2S. The van der Waals surface area contributed by atoms with Gasteiger partial charge in [0.25, 0.3) is 0 Å². The van der Waals surface area contributed by atoms with Gasteiger partial charge in [0, 0.05) is 25.2 Å². The Labute approximate surface area is 136 Å². The number of thiophene rings is 1. The first-order valence-corrected chi connectivity index (χ1v) is 8.53. The van der Waals surface area contributed by atoms with Gasteiger partial charge in [-0.25, -0.2) is 0 Å². The summed E-state index contributed by atoms with van der Waals surface area (Å²) < 4.78 is 5.59. The number of ether oxygens (including phenoxy) is 1. The number of nitrogens with one attached hydrogen (secondary N) is 2. The monoisotopic (exact) mass is 332 g/mol. The van der Waals surface area contributed by atoms with Gasteiger partial charge in [0.2, 0.25) is 0 Å². The highest BCUT2D eigenvalue weighted by Crippen LogP contribution is 2.30. The van der Waals surface area contributed by atoms with E-state index in [-0.39, 0.29) is 12.4 Å². The molecule has 3 N–H and O–H groups in total. The number of halogens is 1. The second-order valence-electron chi connectivity index (χ2n) is 5.82. The van der Waals surface area contributed by atoms with Crippen LogP contribution in [0.3, 0.4) is 0 Å². The van der Waals surface area contributed by atoms with Crippen LogP contribution < -0.4 is 10.6 Å². The first-order chi connectivity index (χ1) is 9.84. The van der Waals surface area contributed by atoms with Gasteiger partial charge in [-0.1, -0.05) is 6.42 Å². The van der Waals surface area contributed by atoms with Gasteiger partial charge >= 0.3 is 0 Å². The van der Waals surface area contributed by atoms with E-state index in [1.807, 2.05) is 16.8 Å². The number of aliphatic hydroxyl groups excluding tert-OH is 1. The number of morpholine rings is 1. The maximum absolute atomic E-state index is 10.2. The second kappa shape index (κ2) is 8.46. The van der Waals surface area contributed by atoms with Gasteiger partial charge < -0.3 is 20.5 Å². The minimum Gasteiger partial charge on any atom is -0.387 e. The molecule has 3 rings (SSSR count). The molecule has 2 aliphatic rings. The molecule has 6 heteroatoms. The number of hydrogen-bond donors (Lipinski definition) is 3. The predicted octanol–water partition coefficient (Wildman–Crippen LogP) is 1.95. The molecule has 4 atom stereocenters. The predicted molar refractivity (Wildman–Crippen MR) is 88.3 cm³/mol. The Bertz CT molecular complexity index is 398. The molecule has 0 amide bonds. The van der Waals surface area contributed by atoms with Crippen LogP contribution in [0, 0.1) is 5.92 Å². The highest BCUT2D eigenvalue weighted by atomic mass is 35.5. The van der Waals surface area contributed by atoms with Crippen molar-refractivity contribution in [3.05, 3.63) is 22.4 Å². The lowest BCUT2D eigenvalue weighted by Crippen LogP contribution is -2.51. The molecule has 1 aliphatic heterocycles. The Balaban J connectivity index is 0.00000161. The average molecular weight is 333 g/mol. The summed E-state index contributed by atoms with van der Waals surface area (Å²) in [4.78, 5) is 0. The lowest BCUT2D eigenvalue weighted by Gasteiger charge is -2.33. The van der Waals surface area contributed by atoms with Crippen molar-refractivity contribution in [1.29, 1.82) is 0 Å². The Morgan fingerprint density at radius 1 is 1.48 bits per heavy atom. The van der Waals surface area contributed by atoms with E-state index in [9.17, 15) is 5.11 Å². The van der Waals surface area contributed by atoms with Crippen LogP contribution in [0.2, 0.25) is 0 Å². The van der Waals surface area contributed by atoms with Crippen LogP contribution in [0.1, 0.15) is 30.9 Å². The van der Waals surface area contributed by atoms with Crippen molar-refractivity contribution in [1.82, 2.24) is 10.6 Å².